The number of benzene rings is 10. The molecule has 0 spiro atoms. The molecular formula is C76H60BrCl5N8O14. The maximum Gasteiger partial charge on any atom is 0.354 e. The molecule has 2 heterocycles. The van der Waals surface area contributed by atoms with Gasteiger partial charge in [-0.2, -0.15) is 0 Å². The summed E-state index contributed by atoms with van der Waals surface area (Å²) in [7, 11) is 3.76. The van der Waals surface area contributed by atoms with Crippen LogP contribution in [0.4, 0.5) is 0 Å². The lowest BCUT2D eigenvalue weighted by atomic mass is 10.1. The first-order chi connectivity index (χ1) is 50.4. The first-order valence-electron chi connectivity index (χ1n) is 30.2. The summed E-state index contributed by atoms with van der Waals surface area (Å²) in [6.07, 6.45) is 2.84. The first-order valence-corrected chi connectivity index (χ1v) is 32.9. The van der Waals surface area contributed by atoms with Crippen molar-refractivity contribution < 1.29 is 67.3 Å². The highest BCUT2D eigenvalue weighted by atomic mass is 79.9. The van der Waals surface area contributed by atoms with E-state index >= 15 is 0 Å². The van der Waals surface area contributed by atoms with Crippen molar-refractivity contribution in [3.63, 3.8) is 0 Å². The summed E-state index contributed by atoms with van der Waals surface area (Å²) in [5.41, 5.74) is 20.3. The van der Waals surface area contributed by atoms with Crippen molar-refractivity contribution >= 4 is 132 Å². The van der Waals surface area contributed by atoms with Crippen LogP contribution in [0.15, 0.2) is 263 Å². The van der Waals surface area contributed by atoms with E-state index in [-0.39, 0.29) is 18.8 Å². The molecule has 0 saturated heterocycles. The molecule has 0 amide bonds. The number of esters is 3. The fraction of sp³-hybridized carbons (Fsp3) is 0.0658. The van der Waals surface area contributed by atoms with Gasteiger partial charge in [-0.3, -0.25) is 14.4 Å². The molecule has 22 nitrogen and oxygen atoms in total. The minimum atomic E-state index is -0.756. The second-order valence-corrected chi connectivity index (χ2v) is 23.0. The quantitative estimate of drug-likeness (QED) is 0.0125. The Morgan fingerprint density at radius 3 is 1.30 bits per heavy atom. The molecule has 10 aromatic carbocycles. The lowest BCUT2D eigenvalue weighted by Crippen LogP contribution is -2.02. The van der Waals surface area contributed by atoms with E-state index in [1.165, 1.54) is 27.4 Å². The molecular weight excluding hydrogens is 1510 g/mol. The zero-order valence-electron chi connectivity index (χ0n) is 55.0. The number of H-pyrrole nitrogens is 2. The molecule has 530 valence electrons. The fourth-order valence-electron chi connectivity index (χ4n) is 8.39. The van der Waals surface area contributed by atoms with Gasteiger partial charge in [0.2, 0.25) is 0 Å². The lowest BCUT2D eigenvalue weighted by molar-refractivity contribution is -0.139. The number of phenolic OH excluding ortho intramolecular Hbond substituents is 1. The van der Waals surface area contributed by atoms with E-state index in [9.17, 15) is 29.1 Å². The fourth-order valence-corrected chi connectivity index (χ4v) is 9.78. The number of carbonyl (C=O) groups excluding carboxylic acids is 5. The molecule has 0 aliphatic heterocycles. The Hall–Kier alpha value is -11.7. The number of aromatic amines is 2. The molecule has 0 bridgehead atoms. The van der Waals surface area contributed by atoms with Crippen molar-refractivity contribution in [3.8, 4) is 51.7 Å². The van der Waals surface area contributed by atoms with E-state index in [2.05, 4.69) is 55.4 Å². The van der Waals surface area contributed by atoms with Crippen LogP contribution in [0.1, 0.15) is 42.5 Å². The molecule has 0 fully saturated rings. The Labute approximate surface area is 628 Å². The van der Waals surface area contributed by atoms with Crippen LogP contribution in [0.5, 0.6) is 51.7 Å². The number of aromatic hydroxyl groups is 1. The van der Waals surface area contributed by atoms with Crippen LogP contribution < -0.4 is 18.9 Å². The van der Waals surface area contributed by atoms with Crippen LogP contribution in [0.3, 0.4) is 0 Å². The molecule has 28 heteroatoms. The summed E-state index contributed by atoms with van der Waals surface area (Å²) in [5.74, 6) is 3.08. The maximum absolute atomic E-state index is 11.6. The third kappa shape index (κ3) is 25.7. The monoisotopic (exact) mass is 1560 g/mol. The molecule has 0 saturated carbocycles. The number of ether oxygens (including phenoxy) is 7. The second kappa shape index (κ2) is 43.8. The molecule has 0 atom stereocenters. The Morgan fingerprint density at radius 2 is 0.894 bits per heavy atom. The highest BCUT2D eigenvalue weighted by Crippen LogP contribution is 2.40. The number of para-hydroxylation sites is 7. The number of fused-ring (bicyclic) bond motifs is 2. The number of halogens is 6. The number of aliphatic hydroxyl groups excluding tert-OH is 1. The zero-order valence-corrected chi connectivity index (χ0v) is 60.4. The molecule has 12 rings (SSSR count). The summed E-state index contributed by atoms with van der Waals surface area (Å²) < 4.78 is 37.1. The van der Waals surface area contributed by atoms with E-state index in [1.807, 2.05) is 115 Å². The number of hydrogen-bond donors (Lipinski definition) is 4. The van der Waals surface area contributed by atoms with E-state index in [0.29, 0.717) is 98.0 Å². The van der Waals surface area contributed by atoms with Crippen LogP contribution in [0, 0.1) is 0 Å². The van der Waals surface area contributed by atoms with Crippen molar-refractivity contribution in [2.24, 2.45) is 10.2 Å². The minimum absolute atomic E-state index is 0.0446. The van der Waals surface area contributed by atoms with Crippen molar-refractivity contribution in [1.29, 1.82) is 0 Å². The largest absolute Gasteiger partial charge is 0.508 e. The highest BCUT2D eigenvalue weighted by Gasteiger charge is 2.18. The van der Waals surface area contributed by atoms with Crippen molar-refractivity contribution in [3.05, 3.63) is 327 Å². The van der Waals surface area contributed by atoms with Crippen molar-refractivity contribution in [2.75, 3.05) is 27.9 Å². The van der Waals surface area contributed by atoms with Crippen LogP contribution in [-0.2, 0) is 30.4 Å². The summed E-state index contributed by atoms with van der Waals surface area (Å²) >= 11 is 33.4. The number of nitrogens with one attached hydrogen (secondary N) is 2. The smallest absolute Gasteiger partial charge is 0.354 e. The van der Waals surface area contributed by atoms with Crippen molar-refractivity contribution in [2.45, 2.75) is 6.61 Å². The van der Waals surface area contributed by atoms with Gasteiger partial charge in [0.15, 0.2) is 35.6 Å². The predicted octanol–water partition coefficient (Wildman–Crippen LogP) is 22.2. The van der Waals surface area contributed by atoms with Crippen molar-refractivity contribution in [1.82, 2.24) is 9.97 Å². The van der Waals surface area contributed by atoms with Gasteiger partial charge in [-0.15, -0.1) is 0 Å². The average molecular weight is 1570 g/mol. The average Bonchev–Trinajstić information content (AvgIpc) is 1.64. The predicted molar refractivity (Wildman–Crippen MR) is 406 cm³/mol. The van der Waals surface area contributed by atoms with Gasteiger partial charge in [-0.25, -0.2) is 9.59 Å². The van der Waals surface area contributed by atoms with Crippen LogP contribution in [-0.4, -0.2) is 78.5 Å². The van der Waals surface area contributed by atoms with Crippen LogP contribution >= 0.6 is 73.9 Å². The standard InChI is InChI=1S/C16H12ClN3O3.C16H12ClNO3.C15H12ClNO2.C13H9ClO2.C7H4BrClO.C6H6O.C3H5N3O2/c1-22-16(21)14(19-20-18)10-11-6-5-9-13(17)15(11)23-12-7-3-2-4-8-12;1-20-16(19)14-9-11-13(18-14)8-7-12(17)15(11)21-10-5-3-2-4-6-10;16-13-6-7-14-12(8-10(9-18)17-14)15(13)19-11-4-2-1-3-5-11;14-12-8-4-5-10(9-15)13(12)16-11-6-2-1-3-7-11;8-7-5(4-10)2-1-3-6(7)9;7-6-4-2-1-3-5-6;1-8-3(7)2-5-6-4/h2-10H,1H3;2-9,18H,1H3;1-8,17-18H,9H2;1-9H;1-4H;1-5,7H;2H2,1H3/b14-10-;;;;;;. The molecule has 2 aromatic heterocycles. The second-order valence-electron chi connectivity index (χ2n) is 20.2. The maximum atomic E-state index is 11.6. The third-order valence-corrected chi connectivity index (χ3v) is 15.8. The van der Waals surface area contributed by atoms with Gasteiger partial charge < -0.3 is 53.3 Å². The number of nitrogens with zero attached hydrogens (tertiary/aromatic N) is 6. The number of rotatable bonds is 17. The van der Waals surface area contributed by atoms with E-state index < -0.39 is 17.9 Å². The number of aromatic nitrogens is 2. The molecule has 0 aliphatic rings. The summed E-state index contributed by atoms with van der Waals surface area (Å²) in [5, 5.41) is 28.0. The summed E-state index contributed by atoms with van der Waals surface area (Å²) in [6, 6.07) is 71.7. The van der Waals surface area contributed by atoms with Gasteiger partial charge in [0.1, 0.15) is 46.7 Å². The number of aliphatic hydroxyl groups is 1. The molecule has 0 aliphatic carbocycles. The number of phenols is 1. The number of azide groups is 2. The van der Waals surface area contributed by atoms with Gasteiger partial charge in [0.05, 0.1) is 58.6 Å². The number of hydrogen-bond acceptors (Lipinski definition) is 16. The summed E-state index contributed by atoms with van der Waals surface area (Å²) in [4.78, 5) is 65.5. The van der Waals surface area contributed by atoms with Crippen LogP contribution in [0.2, 0.25) is 25.1 Å². The Bertz CT molecular complexity index is 4940. The number of aldehydes is 2. The zero-order chi connectivity index (χ0) is 75.2. The topological polar surface area (TPSA) is 320 Å². The minimum Gasteiger partial charge on any atom is -0.508 e. The highest BCUT2D eigenvalue weighted by molar-refractivity contribution is 9.10. The van der Waals surface area contributed by atoms with Gasteiger partial charge in [-0.05, 0) is 154 Å². The Kier molecular flexibility index (Phi) is 34.2. The summed E-state index contributed by atoms with van der Waals surface area (Å²) in [6.45, 7) is -0.274. The van der Waals surface area contributed by atoms with E-state index in [1.54, 1.807) is 127 Å². The van der Waals surface area contributed by atoms with Gasteiger partial charge in [-0.1, -0.05) is 190 Å². The van der Waals surface area contributed by atoms with Gasteiger partial charge >= 0.3 is 17.9 Å². The Balaban J connectivity index is 0.000000197. The van der Waals surface area contributed by atoms with Gasteiger partial charge in [0.25, 0.3) is 0 Å². The van der Waals surface area contributed by atoms with E-state index in [4.69, 9.17) is 97.9 Å². The van der Waals surface area contributed by atoms with Crippen LogP contribution in [0.25, 0.3) is 48.8 Å². The number of carbonyl (C=O) groups is 5. The molecule has 0 unspecified atom stereocenters. The first kappa shape index (κ1) is 81.2. The molecule has 4 N–H and O–H groups in total. The lowest BCUT2D eigenvalue weighted by Gasteiger charge is -2.11. The SMILES string of the molecule is COC(=O)/C(=C/c1cccc(Cl)c1Oc1ccccc1)N=[N+]=[N-].COC(=O)CN=[N+]=[N-].COC(=O)c1cc2c(Oc3ccccc3)c(Cl)ccc2[nH]1.O=Cc1cccc(Cl)c1Br.O=Cc1cccc(Cl)c1Oc1ccccc1.OCc1cc2c(Oc3ccccc3)c(Cl)ccc2[nH]1.Oc1ccccc1. The normalized spacial score (nSPS) is 10.0. The molecule has 0 radical (unpaired) electrons. The van der Waals surface area contributed by atoms with E-state index in [0.717, 1.165) is 45.8 Å². The molecule has 12 aromatic rings. The van der Waals surface area contributed by atoms with Gasteiger partial charge in [0, 0.05) is 52.9 Å². The third-order valence-electron chi connectivity index (χ3n) is 13.2. The molecule has 104 heavy (non-hydrogen) atoms. The Morgan fingerprint density at radius 1 is 0.481 bits per heavy atom. The number of methoxy groups -OCH3 is 3.